The molecule has 19 heavy (non-hydrogen) atoms. The lowest BCUT2D eigenvalue weighted by atomic mass is 9.99. The number of phenols is 1. The van der Waals surface area contributed by atoms with Gasteiger partial charge in [-0.05, 0) is 25.0 Å². The lowest BCUT2D eigenvalue weighted by Gasteiger charge is -2.17. The topological polar surface area (TPSA) is 77.8 Å². The number of nitrogens with zero attached hydrogens (tertiary/aromatic N) is 1. The van der Waals surface area contributed by atoms with Crippen molar-refractivity contribution in [2.24, 2.45) is 11.8 Å². The van der Waals surface area contributed by atoms with E-state index in [0.717, 1.165) is 5.56 Å². The van der Waals surface area contributed by atoms with Crippen molar-refractivity contribution in [3.05, 3.63) is 29.3 Å². The molecule has 0 unspecified atom stereocenters. The van der Waals surface area contributed by atoms with Gasteiger partial charge in [0.1, 0.15) is 5.75 Å². The van der Waals surface area contributed by atoms with E-state index >= 15 is 0 Å². The van der Waals surface area contributed by atoms with Gasteiger partial charge in [0, 0.05) is 13.1 Å². The standard InChI is InChI=1S/C14H17NO4/c1-8-3-4-12(16)10(5-8)13(17)15-6-9(2)11(7-15)14(18)19/h3-5,9,11,16H,6-7H2,1-2H3,(H,18,19)/t9-,11-/m1/s1. The number of rotatable bonds is 2. The van der Waals surface area contributed by atoms with E-state index in [1.54, 1.807) is 12.1 Å². The molecule has 1 amide bonds. The maximum atomic E-state index is 12.3. The molecule has 0 aliphatic carbocycles. The summed E-state index contributed by atoms with van der Waals surface area (Å²) in [6.07, 6.45) is 0. The Labute approximate surface area is 111 Å². The van der Waals surface area contributed by atoms with Crippen molar-refractivity contribution in [1.29, 1.82) is 0 Å². The predicted molar refractivity (Wildman–Crippen MR) is 69.0 cm³/mol. The van der Waals surface area contributed by atoms with Crippen LogP contribution in [0.1, 0.15) is 22.8 Å². The summed E-state index contributed by atoms with van der Waals surface area (Å²) < 4.78 is 0. The quantitative estimate of drug-likeness (QED) is 0.847. The summed E-state index contributed by atoms with van der Waals surface area (Å²) in [6.45, 7) is 4.26. The molecule has 5 heteroatoms. The molecule has 0 saturated carbocycles. The highest BCUT2D eigenvalue weighted by Gasteiger charge is 2.37. The number of carbonyl (C=O) groups excluding carboxylic acids is 1. The van der Waals surface area contributed by atoms with Gasteiger partial charge in [0.05, 0.1) is 11.5 Å². The van der Waals surface area contributed by atoms with E-state index < -0.39 is 11.9 Å². The molecule has 1 fully saturated rings. The first-order valence-electron chi connectivity index (χ1n) is 6.22. The number of benzene rings is 1. The van der Waals surface area contributed by atoms with Crippen LogP contribution in [0.15, 0.2) is 18.2 Å². The number of aryl methyl sites for hydroxylation is 1. The molecule has 2 N–H and O–H groups in total. The minimum atomic E-state index is -0.878. The fraction of sp³-hybridized carbons (Fsp3) is 0.429. The van der Waals surface area contributed by atoms with Crippen molar-refractivity contribution in [2.75, 3.05) is 13.1 Å². The van der Waals surface area contributed by atoms with Crippen LogP contribution in [-0.2, 0) is 4.79 Å². The average Bonchev–Trinajstić information content (AvgIpc) is 2.74. The molecule has 1 heterocycles. The fourth-order valence-corrected chi connectivity index (χ4v) is 2.45. The molecule has 1 aliphatic rings. The van der Waals surface area contributed by atoms with E-state index in [1.165, 1.54) is 11.0 Å². The van der Waals surface area contributed by atoms with Crippen LogP contribution < -0.4 is 0 Å². The number of hydrogen-bond acceptors (Lipinski definition) is 3. The van der Waals surface area contributed by atoms with Crippen molar-refractivity contribution >= 4 is 11.9 Å². The van der Waals surface area contributed by atoms with Crippen LogP contribution in [0.25, 0.3) is 0 Å². The van der Waals surface area contributed by atoms with Crippen LogP contribution in [0, 0.1) is 18.8 Å². The van der Waals surface area contributed by atoms with Crippen molar-refractivity contribution in [2.45, 2.75) is 13.8 Å². The number of amides is 1. The van der Waals surface area contributed by atoms with Gasteiger partial charge >= 0.3 is 5.97 Å². The van der Waals surface area contributed by atoms with Crippen LogP contribution in [0.2, 0.25) is 0 Å². The average molecular weight is 263 g/mol. The minimum absolute atomic E-state index is 0.0676. The third-order valence-electron chi connectivity index (χ3n) is 3.60. The maximum Gasteiger partial charge on any atom is 0.308 e. The molecule has 2 rings (SSSR count). The van der Waals surface area contributed by atoms with Gasteiger partial charge in [-0.1, -0.05) is 18.6 Å². The van der Waals surface area contributed by atoms with Crippen molar-refractivity contribution in [3.8, 4) is 5.75 Å². The zero-order valence-corrected chi connectivity index (χ0v) is 11.0. The number of likely N-dealkylation sites (tertiary alicyclic amines) is 1. The summed E-state index contributed by atoms with van der Waals surface area (Å²) in [5, 5.41) is 18.8. The molecule has 1 saturated heterocycles. The second-order valence-corrected chi connectivity index (χ2v) is 5.15. The highest BCUT2D eigenvalue weighted by atomic mass is 16.4. The Kier molecular flexibility index (Phi) is 3.46. The molecule has 1 aromatic rings. The molecule has 0 radical (unpaired) electrons. The normalized spacial score (nSPS) is 22.5. The first-order valence-corrected chi connectivity index (χ1v) is 6.22. The first-order chi connectivity index (χ1) is 8.90. The maximum absolute atomic E-state index is 12.3. The minimum Gasteiger partial charge on any atom is -0.507 e. The van der Waals surface area contributed by atoms with Gasteiger partial charge in [0.25, 0.3) is 5.91 Å². The number of carboxylic acid groups (broad SMARTS) is 1. The number of hydrogen-bond donors (Lipinski definition) is 2. The highest BCUT2D eigenvalue weighted by Crippen LogP contribution is 2.27. The third kappa shape index (κ3) is 2.54. The van der Waals surface area contributed by atoms with Crippen molar-refractivity contribution < 1.29 is 19.8 Å². The Hall–Kier alpha value is -2.04. The summed E-state index contributed by atoms with van der Waals surface area (Å²) in [7, 11) is 0. The SMILES string of the molecule is Cc1ccc(O)c(C(=O)N2C[C@@H](C)[C@H](C(=O)O)C2)c1. The van der Waals surface area contributed by atoms with E-state index in [0.29, 0.717) is 6.54 Å². The van der Waals surface area contributed by atoms with E-state index in [4.69, 9.17) is 5.11 Å². The van der Waals surface area contributed by atoms with Crippen molar-refractivity contribution in [3.63, 3.8) is 0 Å². The Morgan fingerprint density at radius 2 is 2.00 bits per heavy atom. The number of aromatic hydroxyl groups is 1. The zero-order valence-electron chi connectivity index (χ0n) is 11.0. The summed E-state index contributed by atoms with van der Waals surface area (Å²) >= 11 is 0. The molecular formula is C14H17NO4. The van der Waals surface area contributed by atoms with Gasteiger partial charge in [-0.3, -0.25) is 9.59 Å². The third-order valence-corrected chi connectivity index (χ3v) is 3.60. The van der Waals surface area contributed by atoms with Crippen LogP contribution in [-0.4, -0.2) is 40.1 Å². The summed E-state index contributed by atoms with van der Waals surface area (Å²) in [6, 6.07) is 4.83. The molecule has 1 aromatic carbocycles. The molecule has 2 atom stereocenters. The van der Waals surface area contributed by atoms with Crippen molar-refractivity contribution in [1.82, 2.24) is 4.90 Å². The van der Waals surface area contributed by atoms with Crippen LogP contribution in [0.4, 0.5) is 0 Å². The van der Waals surface area contributed by atoms with Gasteiger partial charge < -0.3 is 15.1 Å². The lowest BCUT2D eigenvalue weighted by Crippen LogP contribution is -2.30. The van der Waals surface area contributed by atoms with E-state index in [2.05, 4.69) is 0 Å². The van der Waals surface area contributed by atoms with Crippen LogP contribution >= 0.6 is 0 Å². The smallest absolute Gasteiger partial charge is 0.308 e. The van der Waals surface area contributed by atoms with Crippen LogP contribution in [0.3, 0.4) is 0 Å². The molecule has 102 valence electrons. The summed E-state index contributed by atoms with van der Waals surface area (Å²) in [5.41, 5.74) is 1.11. The predicted octanol–water partition coefficient (Wildman–Crippen LogP) is 1.49. The highest BCUT2D eigenvalue weighted by molar-refractivity contribution is 5.97. The fourth-order valence-electron chi connectivity index (χ4n) is 2.45. The van der Waals surface area contributed by atoms with E-state index in [9.17, 15) is 14.7 Å². The zero-order chi connectivity index (χ0) is 14.2. The van der Waals surface area contributed by atoms with Crippen LogP contribution in [0.5, 0.6) is 5.75 Å². The number of carboxylic acids is 1. The van der Waals surface area contributed by atoms with Gasteiger partial charge in [-0.25, -0.2) is 0 Å². The number of phenolic OH excluding ortho intramolecular Hbond substituents is 1. The Morgan fingerprint density at radius 1 is 1.32 bits per heavy atom. The van der Waals surface area contributed by atoms with E-state index in [-0.39, 0.29) is 29.7 Å². The monoisotopic (exact) mass is 263 g/mol. The second kappa shape index (κ2) is 4.91. The molecule has 5 nitrogen and oxygen atoms in total. The Bertz CT molecular complexity index is 526. The Morgan fingerprint density at radius 3 is 2.58 bits per heavy atom. The molecule has 1 aliphatic heterocycles. The largest absolute Gasteiger partial charge is 0.507 e. The summed E-state index contributed by atoms with van der Waals surface area (Å²) in [4.78, 5) is 24.9. The summed E-state index contributed by atoms with van der Waals surface area (Å²) in [5.74, 6) is -1.86. The first kappa shape index (κ1) is 13.4. The van der Waals surface area contributed by atoms with Gasteiger partial charge in [0.2, 0.25) is 0 Å². The van der Waals surface area contributed by atoms with Gasteiger partial charge in [0.15, 0.2) is 0 Å². The molecular weight excluding hydrogens is 246 g/mol. The molecule has 0 spiro atoms. The molecule has 0 bridgehead atoms. The Balaban J connectivity index is 2.22. The van der Waals surface area contributed by atoms with E-state index in [1.807, 2.05) is 13.8 Å². The second-order valence-electron chi connectivity index (χ2n) is 5.15. The van der Waals surface area contributed by atoms with Gasteiger partial charge in [-0.2, -0.15) is 0 Å². The number of carbonyl (C=O) groups is 2. The number of aliphatic carboxylic acids is 1. The lowest BCUT2D eigenvalue weighted by molar-refractivity contribution is -0.142. The van der Waals surface area contributed by atoms with Gasteiger partial charge in [-0.15, -0.1) is 0 Å². The molecule has 0 aromatic heterocycles.